The number of hydrogen-bond acceptors (Lipinski definition) is 5. The van der Waals surface area contributed by atoms with Gasteiger partial charge in [-0.25, -0.2) is 9.18 Å². The van der Waals surface area contributed by atoms with Crippen molar-refractivity contribution in [2.75, 3.05) is 31.1 Å². The highest BCUT2D eigenvalue weighted by atomic mass is 19.1. The van der Waals surface area contributed by atoms with E-state index < -0.39 is 23.3 Å². The van der Waals surface area contributed by atoms with Crippen LogP contribution in [0.25, 0.3) is 10.9 Å². The summed E-state index contributed by atoms with van der Waals surface area (Å²) in [6.07, 6.45) is 2.83. The molecule has 7 heteroatoms. The van der Waals surface area contributed by atoms with Gasteiger partial charge in [0.05, 0.1) is 11.2 Å². The smallest absolute Gasteiger partial charge is 0.344 e. The van der Waals surface area contributed by atoms with E-state index >= 15 is 4.39 Å². The molecular formula is C30H28FN3O3. The van der Waals surface area contributed by atoms with E-state index in [1.807, 2.05) is 70.1 Å². The van der Waals surface area contributed by atoms with Crippen molar-refractivity contribution in [1.29, 1.82) is 0 Å². The van der Waals surface area contributed by atoms with Gasteiger partial charge in [0, 0.05) is 43.8 Å². The molecule has 3 aromatic carbocycles. The number of carbonyl (C=O) groups is 1. The number of hydrogen-bond donors (Lipinski definition) is 1. The first kappa shape index (κ1) is 23.4. The van der Waals surface area contributed by atoms with Crippen LogP contribution >= 0.6 is 0 Å². The molecule has 6 rings (SSSR count). The first-order chi connectivity index (χ1) is 18.1. The van der Waals surface area contributed by atoms with E-state index in [1.54, 1.807) is 12.3 Å². The number of rotatable bonds is 6. The first-order valence-corrected chi connectivity index (χ1v) is 12.7. The third-order valence-corrected chi connectivity index (χ3v) is 7.15. The molecule has 0 amide bonds. The highest BCUT2D eigenvalue weighted by molar-refractivity contribution is 5.95. The van der Waals surface area contributed by atoms with Crippen LogP contribution in [0.4, 0.5) is 10.1 Å². The van der Waals surface area contributed by atoms with Gasteiger partial charge in [0.1, 0.15) is 11.4 Å². The topological polar surface area (TPSA) is 63.6 Å². The standard InChI is InChI=1S/C30H28FN3O3/c31-25-17-23-26(18-27(25)33-15-13-32-14-16-33)34(22-11-12-22)19-24(28(23)35)30(36)37-29(20-7-3-1-4-8-20)21-9-5-2-6-10-21/h1-10,17-19,22,29,32H,11-16H2. The van der Waals surface area contributed by atoms with E-state index in [4.69, 9.17) is 4.74 Å². The third kappa shape index (κ3) is 4.62. The Labute approximate surface area is 214 Å². The molecule has 0 radical (unpaired) electrons. The molecule has 0 bridgehead atoms. The number of fused-ring (bicyclic) bond motifs is 1. The monoisotopic (exact) mass is 497 g/mol. The van der Waals surface area contributed by atoms with Crippen LogP contribution in [-0.2, 0) is 4.74 Å². The van der Waals surface area contributed by atoms with Crippen molar-refractivity contribution in [3.05, 3.63) is 112 Å². The predicted octanol–water partition coefficient (Wildman–Crippen LogP) is 4.83. The molecule has 4 aromatic rings. The Hall–Kier alpha value is -3.97. The van der Waals surface area contributed by atoms with E-state index in [0.29, 0.717) is 24.3 Å². The lowest BCUT2D eigenvalue weighted by molar-refractivity contribution is 0.0376. The van der Waals surface area contributed by atoms with E-state index in [1.165, 1.54) is 6.07 Å². The highest BCUT2D eigenvalue weighted by Crippen LogP contribution is 2.38. The zero-order valence-corrected chi connectivity index (χ0v) is 20.4. The molecule has 0 unspecified atom stereocenters. The molecule has 0 atom stereocenters. The molecule has 2 heterocycles. The van der Waals surface area contributed by atoms with Crippen molar-refractivity contribution in [3.63, 3.8) is 0 Å². The summed E-state index contributed by atoms with van der Waals surface area (Å²) >= 11 is 0. The Bertz CT molecular complexity index is 1450. The number of anilines is 1. The molecule has 1 aliphatic carbocycles. The number of ether oxygens (including phenoxy) is 1. The summed E-state index contributed by atoms with van der Waals surface area (Å²) < 4.78 is 23.2. The first-order valence-electron chi connectivity index (χ1n) is 12.7. The lowest BCUT2D eigenvalue weighted by atomic mass is 10.0. The van der Waals surface area contributed by atoms with E-state index in [2.05, 4.69) is 5.32 Å². The van der Waals surface area contributed by atoms with Crippen molar-refractivity contribution in [1.82, 2.24) is 9.88 Å². The Morgan fingerprint density at radius 2 is 1.57 bits per heavy atom. The van der Waals surface area contributed by atoms with Gasteiger partial charge in [0.15, 0.2) is 6.10 Å². The molecule has 1 saturated heterocycles. The van der Waals surface area contributed by atoms with Crippen molar-refractivity contribution < 1.29 is 13.9 Å². The van der Waals surface area contributed by atoms with Crippen LogP contribution in [0.3, 0.4) is 0 Å². The number of carbonyl (C=O) groups excluding carboxylic acids is 1. The molecule has 6 nitrogen and oxygen atoms in total. The van der Waals surface area contributed by atoms with Gasteiger partial charge in [-0.2, -0.15) is 0 Å². The fraction of sp³-hybridized carbons (Fsp3) is 0.267. The van der Waals surface area contributed by atoms with Gasteiger partial charge in [0.2, 0.25) is 5.43 Å². The summed E-state index contributed by atoms with van der Waals surface area (Å²) in [6, 6.07) is 22.1. The number of esters is 1. The molecular weight excluding hydrogens is 469 g/mol. The Morgan fingerprint density at radius 3 is 2.16 bits per heavy atom. The zero-order chi connectivity index (χ0) is 25.4. The third-order valence-electron chi connectivity index (χ3n) is 7.15. The molecule has 1 aromatic heterocycles. The quantitative estimate of drug-likeness (QED) is 0.387. The number of aromatic nitrogens is 1. The van der Waals surface area contributed by atoms with Gasteiger partial charge < -0.3 is 19.5 Å². The molecule has 1 aliphatic heterocycles. The van der Waals surface area contributed by atoms with E-state index in [0.717, 1.165) is 37.1 Å². The predicted molar refractivity (Wildman–Crippen MR) is 142 cm³/mol. The summed E-state index contributed by atoms with van der Waals surface area (Å²) in [7, 11) is 0. The largest absolute Gasteiger partial charge is 0.449 e. The average molecular weight is 498 g/mol. The van der Waals surface area contributed by atoms with E-state index in [-0.39, 0.29) is 17.0 Å². The Kier molecular flexibility index (Phi) is 6.22. The molecule has 1 saturated carbocycles. The minimum atomic E-state index is -0.717. The maximum atomic E-state index is 15.3. The summed E-state index contributed by atoms with van der Waals surface area (Å²) in [5, 5.41) is 3.48. The summed E-state index contributed by atoms with van der Waals surface area (Å²) in [4.78, 5) is 29.1. The molecule has 1 N–H and O–H groups in total. The summed E-state index contributed by atoms with van der Waals surface area (Å²) in [6.45, 7) is 2.95. The van der Waals surface area contributed by atoms with Gasteiger partial charge in [0.25, 0.3) is 0 Å². The number of nitrogens with one attached hydrogen (secondary N) is 1. The summed E-state index contributed by atoms with van der Waals surface area (Å²) in [5.74, 6) is -1.17. The van der Waals surface area contributed by atoms with E-state index in [9.17, 15) is 9.59 Å². The fourth-order valence-electron chi connectivity index (χ4n) is 5.06. The van der Waals surface area contributed by atoms with Crippen molar-refractivity contribution in [3.8, 4) is 0 Å². The lowest BCUT2D eigenvalue weighted by Crippen LogP contribution is -2.43. The molecule has 0 spiro atoms. The molecule has 2 fully saturated rings. The minimum absolute atomic E-state index is 0.0782. The molecule has 2 aliphatic rings. The zero-order valence-electron chi connectivity index (χ0n) is 20.4. The summed E-state index contributed by atoms with van der Waals surface area (Å²) in [5.41, 5.74) is 2.16. The number of piperazine rings is 1. The second-order valence-electron chi connectivity index (χ2n) is 9.67. The number of benzene rings is 3. The average Bonchev–Trinajstić information content (AvgIpc) is 3.79. The fourth-order valence-corrected chi connectivity index (χ4v) is 5.06. The number of halogens is 1. The van der Waals surface area contributed by atoms with Gasteiger partial charge >= 0.3 is 5.97 Å². The minimum Gasteiger partial charge on any atom is -0.449 e. The highest BCUT2D eigenvalue weighted by Gasteiger charge is 2.30. The SMILES string of the molecule is O=C(OC(c1ccccc1)c1ccccc1)c1cn(C2CC2)c2cc(N3CCNCC3)c(F)cc2c1=O. The maximum absolute atomic E-state index is 15.3. The van der Waals surface area contributed by atoms with Gasteiger partial charge in [-0.1, -0.05) is 60.7 Å². The lowest BCUT2D eigenvalue weighted by Gasteiger charge is -2.30. The maximum Gasteiger partial charge on any atom is 0.344 e. The Morgan fingerprint density at radius 1 is 0.946 bits per heavy atom. The van der Waals surface area contributed by atoms with Crippen LogP contribution in [0.5, 0.6) is 0 Å². The van der Waals surface area contributed by atoms with Crippen molar-refractivity contribution in [2.24, 2.45) is 0 Å². The van der Waals surface area contributed by atoms with Crippen LogP contribution < -0.4 is 15.6 Å². The molecule has 37 heavy (non-hydrogen) atoms. The second-order valence-corrected chi connectivity index (χ2v) is 9.67. The van der Waals surface area contributed by atoms with Crippen LogP contribution in [0, 0.1) is 5.82 Å². The Balaban J connectivity index is 1.42. The number of pyridine rings is 1. The van der Waals surface area contributed by atoms with Crippen molar-refractivity contribution in [2.45, 2.75) is 25.0 Å². The van der Waals surface area contributed by atoms with Crippen LogP contribution in [0.15, 0.2) is 83.8 Å². The normalized spacial score (nSPS) is 15.8. The molecule has 188 valence electrons. The second kappa shape index (κ2) is 9.82. The van der Waals surface area contributed by atoms with Crippen LogP contribution in [-0.4, -0.2) is 36.7 Å². The van der Waals surface area contributed by atoms with Gasteiger partial charge in [-0.3, -0.25) is 4.79 Å². The van der Waals surface area contributed by atoms with Gasteiger partial charge in [-0.15, -0.1) is 0 Å². The van der Waals surface area contributed by atoms with Crippen LogP contribution in [0.2, 0.25) is 0 Å². The van der Waals surface area contributed by atoms with Crippen LogP contribution in [0.1, 0.15) is 46.5 Å². The van der Waals surface area contributed by atoms with Crippen molar-refractivity contribution >= 4 is 22.6 Å². The van der Waals surface area contributed by atoms with Gasteiger partial charge in [-0.05, 0) is 36.1 Å². The number of nitrogens with zero attached hydrogens (tertiary/aromatic N) is 2.